The molecule has 1 heterocycles. The second-order valence-electron chi connectivity index (χ2n) is 6.93. The monoisotopic (exact) mass is 442 g/mol. The lowest BCUT2D eigenvalue weighted by Crippen LogP contribution is -2.44. The number of thioether (sulfide) groups is 1. The summed E-state index contributed by atoms with van der Waals surface area (Å²) in [7, 11) is 1.55. The smallest absolute Gasteiger partial charge is 0.285 e. The Kier molecular flexibility index (Phi) is 7.12. The Morgan fingerprint density at radius 2 is 1.90 bits per heavy atom. The third-order valence-electron chi connectivity index (χ3n) is 4.14. The van der Waals surface area contributed by atoms with Crippen LogP contribution in [0.4, 0.5) is 0 Å². The van der Waals surface area contributed by atoms with E-state index in [1.54, 1.807) is 37.5 Å². The molecule has 2 amide bonds. The van der Waals surface area contributed by atoms with Crippen molar-refractivity contribution in [1.82, 2.24) is 10.4 Å². The molecule has 0 aliphatic carbocycles. The van der Waals surface area contributed by atoms with Gasteiger partial charge in [0.1, 0.15) is 11.5 Å². The number of methoxy groups -OCH3 is 1. The van der Waals surface area contributed by atoms with E-state index in [9.17, 15) is 9.59 Å². The molecule has 2 aromatic carbocycles. The Morgan fingerprint density at radius 1 is 1.20 bits per heavy atom. The SMILES string of the molecule is COc1ccc(C(=O)NN2C(=O)/C(=C\c3ccccc3OCC(C)C)SC2=S)cc1. The number of ether oxygens (including phenoxy) is 2. The topological polar surface area (TPSA) is 67.9 Å². The number of para-hydroxylation sites is 1. The van der Waals surface area contributed by atoms with Gasteiger partial charge < -0.3 is 9.47 Å². The standard InChI is InChI=1S/C22H22N2O4S2/c1-14(2)13-28-18-7-5-4-6-16(18)12-19-21(26)24(22(29)30-19)23-20(25)15-8-10-17(27-3)11-9-15/h4-12,14H,13H2,1-3H3,(H,23,25)/b19-12+. The molecule has 3 rings (SSSR count). The molecule has 6 nitrogen and oxygen atoms in total. The summed E-state index contributed by atoms with van der Waals surface area (Å²) in [5.74, 6) is 0.892. The zero-order valence-corrected chi connectivity index (χ0v) is 18.5. The van der Waals surface area contributed by atoms with Crippen molar-refractivity contribution in [3.8, 4) is 11.5 Å². The van der Waals surface area contributed by atoms with Crippen LogP contribution in [-0.2, 0) is 4.79 Å². The van der Waals surface area contributed by atoms with Crippen molar-refractivity contribution in [3.63, 3.8) is 0 Å². The minimum Gasteiger partial charge on any atom is -0.497 e. The summed E-state index contributed by atoms with van der Waals surface area (Å²) < 4.78 is 11.2. The van der Waals surface area contributed by atoms with Gasteiger partial charge in [-0.25, -0.2) is 0 Å². The molecule has 1 saturated heterocycles. The summed E-state index contributed by atoms with van der Waals surface area (Å²) in [6, 6.07) is 14.1. The maximum Gasteiger partial charge on any atom is 0.285 e. The molecule has 1 fully saturated rings. The molecule has 1 aliphatic heterocycles. The number of thiocarbonyl (C=S) groups is 1. The summed E-state index contributed by atoms with van der Waals surface area (Å²) in [6.07, 6.45) is 1.73. The third kappa shape index (κ3) is 5.20. The molecule has 1 N–H and O–H groups in total. The van der Waals surface area contributed by atoms with Gasteiger partial charge in [-0.05, 0) is 54.5 Å². The largest absolute Gasteiger partial charge is 0.497 e. The summed E-state index contributed by atoms with van der Waals surface area (Å²) in [4.78, 5) is 25.8. The lowest BCUT2D eigenvalue weighted by Gasteiger charge is -2.15. The van der Waals surface area contributed by atoms with Gasteiger partial charge in [0, 0.05) is 11.1 Å². The molecule has 0 saturated carbocycles. The second kappa shape index (κ2) is 9.77. The number of benzene rings is 2. The van der Waals surface area contributed by atoms with E-state index in [0.29, 0.717) is 34.5 Å². The minimum absolute atomic E-state index is 0.258. The molecule has 0 radical (unpaired) electrons. The second-order valence-corrected chi connectivity index (χ2v) is 8.60. The molecular formula is C22H22N2O4S2. The first-order chi connectivity index (χ1) is 14.4. The van der Waals surface area contributed by atoms with Crippen LogP contribution in [0.3, 0.4) is 0 Å². The van der Waals surface area contributed by atoms with E-state index in [-0.39, 0.29) is 10.2 Å². The number of hydrogen-bond donors (Lipinski definition) is 1. The zero-order chi connectivity index (χ0) is 21.7. The van der Waals surface area contributed by atoms with Gasteiger partial charge in [0.25, 0.3) is 11.8 Å². The molecule has 0 unspecified atom stereocenters. The van der Waals surface area contributed by atoms with Crippen LogP contribution in [0.1, 0.15) is 29.8 Å². The minimum atomic E-state index is -0.434. The van der Waals surface area contributed by atoms with Crippen molar-refractivity contribution >= 4 is 46.2 Å². The van der Waals surface area contributed by atoms with Gasteiger partial charge in [0.05, 0.1) is 18.6 Å². The van der Waals surface area contributed by atoms with E-state index in [4.69, 9.17) is 21.7 Å². The Balaban J connectivity index is 1.75. The molecule has 0 atom stereocenters. The highest BCUT2D eigenvalue weighted by Gasteiger charge is 2.34. The lowest BCUT2D eigenvalue weighted by atomic mass is 10.1. The predicted octanol–water partition coefficient (Wildman–Crippen LogP) is 4.28. The van der Waals surface area contributed by atoms with Crippen LogP contribution >= 0.6 is 24.0 Å². The molecule has 8 heteroatoms. The van der Waals surface area contributed by atoms with E-state index in [1.165, 1.54) is 0 Å². The van der Waals surface area contributed by atoms with Crippen LogP contribution in [0, 0.1) is 5.92 Å². The first-order valence-corrected chi connectivity index (χ1v) is 10.6. The van der Waals surface area contributed by atoms with Gasteiger partial charge in [0.2, 0.25) is 0 Å². The van der Waals surface area contributed by atoms with Gasteiger partial charge in [-0.3, -0.25) is 15.0 Å². The predicted molar refractivity (Wildman–Crippen MR) is 122 cm³/mol. The molecule has 156 valence electrons. The molecule has 0 bridgehead atoms. The number of nitrogens with one attached hydrogen (secondary N) is 1. The van der Waals surface area contributed by atoms with Gasteiger partial charge in [0.15, 0.2) is 4.32 Å². The fourth-order valence-corrected chi connectivity index (χ4v) is 3.77. The maximum atomic E-state index is 12.8. The Bertz CT molecular complexity index is 987. The number of rotatable bonds is 7. The Morgan fingerprint density at radius 3 is 2.57 bits per heavy atom. The highest BCUT2D eigenvalue weighted by atomic mass is 32.2. The highest BCUT2D eigenvalue weighted by Crippen LogP contribution is 2.33. The molecule has 0 spiro atoms. The molecule has 30 heavy (non-hydrogen) atoms. The number of carbonyl (C=O) groups is 2. The van der Waals surface area contributed by atoms with Crippen LogP contribution in [0.2, 0.25) is 0 Å². The summed E-state index contributed by atoms with van der Waals surface area (Å²) >= 11 is 6.43. The average Bonchev–Trinajstić information content (AvgIpc) is 3.00. The first-order valence-electron chi connectivity index (χ1n) is 9.34. The van der Waals surface area contributed by atoms with E-state index in [1.807, 2.05) is 24.3 Å². The van der Waals surface area contributed by atoms with E-state index < -0.39 is 5.91 Å². The third-order valence-corrected chi connectivity index (χ3v) is 5.44. The van der Waals surface area contributed by atoms with Crippen molar-refractivity contribution in [2.75, 3.05) is 13.7 Å². The number of carbonyl (C=O) groups excluding carboxylic acids is 2. The van der Waals surface area contributed by atoms with Crippen molar-refractivity contribution in [1.29, 1.82) is 0 Å². The Labute approximate surface area is 185 Å². The lowest BCUT2D eigenvalue weighted by molar-refractivity contribution is -0.123. The van der Waals surface area contributed by atoms with Gasteiger partial charge >= 0.3 is 0 Å². The summed E-state index contributed by atoms with van der Waals surface area (Å²) in [6.45, 7) is 4.71. The van der Waals surface area contributed by atoms with Crippen LogP contribution < -0.4 is 14.9 Å². The van der Waals surface area contributed by atoms with Crippen LogP contribution in [0.15, 0.2) is 53.4 Å². The Hall–Kier alpha value is -2.84. The van der Waals surface area contributed by atoms with E-state index >= 15 is 0 Å². The normalized spacial score (nSPS) is 15.1. The van der Waals surface area contributed by atoms with Crippen molar-refractivity contribution < 1.29 is 19.1 Å². The van der Waals surface area contributed by atoms with Crippen LogP contribution in [-0.4, -0.2) is 34.9 Å². The first kappa shape index (κ1) is 21.9. The van der Waals surface area contributed by atoms with Crippen LogP contribution in [0.25, 0.3) is 6.08 Å². The molecular weight excluding hydrogens is 420 g/mol. The van der Waals surface area contributed by atoms with E-state index in [2.05, 4.69) is 19.3 Å². The average molecular weight is 443 g/mol. The van der Waals surface area contributed by atoms with Crippen molar-refractivity contribution in [3.05, 3.63) is 64.6 Å². The summed E-state index contributed by atoms with van der Waals surface area (Å²) in [5, 5.41) is 1.09. The fourth-order valence-electron chi connectivity index (χ4n) is 2.60. The number of amides is 2. The molecule has 1 aliphatic rings. The van der Waals surface area contributed by atoms with Crippen molar-refractivity contribution in [2.24, 2.45) is 5.92 Å². The van der Waals surface area contributed by atoms with Crippen molar-refractivity contribution in [2.45, 2.75) is 13.8 Å². The van der Waals surface area contributed by atoms with Crippen LogP contribution in [0.5, 0.6) is 11.5 Å². The number of hydrogen-bond acceptors (Lipinski definition) is 6. The van der Waals surface area contributed by atoms with Gasteiger partial charge in [-0.15, -0.1) is 0 Å². The summed E-state index contributed by atoms with van der Waals surface area (Å²) in [5.41, 5.74) is 3.74. The van der Waals surface area contributed by atoms with Gasteiger partial charge in [-0.1, -0.05) is 43.8 Å². The maximum absolute atomic E-state index is 12.8. The van der Waals surface area contributed by atoms with E-state index in [0.717, 1.165) is 22.3 Å². The number of hydrazine groups is 1. The quantitative estimate of drug-likeness (QED) is 0.510. The highest BCUT2D eigenvalue weighted by molar-refractivity contribution is 8.26. The zero-order valence-electron chi connectivity index (χ0n) is 16.9. The fraction of sp³-hybridized carbons (Fsp3) is 0.227. The molecule has 0 aromatic heterocycles. The molecule has 2 aromatic rings. The van der Waals surface area contributed by atoms with Gasteiger partial charge in [-0.2, -0.15) is 5.01 Å². The number of nitrogens with zero attached hydrogens (tertiary/aromatic N) is 1.